The van der Waals surface area contributed by atoms with Gasteiger partial charge >= 0.3 is 0 Å². The van der Waals surface area contributed by atoms with Gasteiger partial charge in [0, 0.05) is 25.1 Å². The Hall–Kier alpha value is -1.98. The fourth-order valence-electron chi connectivity index (χ4n) is 4.01. The van der Waals surface area contributed by atoms with Gasteiger partial charge in [-0.3, -0.25) is 10.1 Å². The van der Waals surface area contributed by atoms with Crippen molar-refractivity contribution in [3.63, 3.8) is 0 Å². The molecule has 0 N–H and O–H groups in total. The molecule has 0 radical (unpaired) electrons. The van der Waals surface area contributed by atoms with Crippen molar-refractivity contribution in [1.82, 2.24) is 14.5 Å². The van der Waals surface area contributed by atoms with Crippen LogP contribution in [0.1, 0.15) is 63.2 Å². The Morgan fingerprint density at radius 3 is 2.47 bits per heavy atom. The van der Waals surface area contributed by atoms with Crippen LogP contribution in [0, 0.1) is 10.1 Å². The van der Waals surface area contributed by atoms with E-state index in [0.717, 1.165) is 62.8 Å². The van der Waals surface area contributed by atoms with Crippen LogP contribution < -0.4 is 0 Å². The molecule has 1 aromatic heterocycles. The SMILES string of the molecule is O=[N+]([O-])c1cc(S(=O)(=O)N2CCCCC2)ccc1Sc1nnc(C2CCCCC2)o1. The fraction of sp³-hybridized carbons (Fsp3) is 0.579. The summed E-state index contributed by atoms with van der Waals surface area (Å²) in [7, 11) is -3.75. The number of nitrogens with zero attached hydrogens (tertiary/aromatic N) is 4. The zero-order chi connectivity index (χ0) is 21.1. The van der Waals surface area contributed by atoms with E-state index in [2.05, 4.69) is 10.2 Å². The standard InChI is InChI=1S/C19H24N4O5S2/c24-23(25)16-13-15(30(26,27)22-11-5-2-6-12-22)9-10-17(16)29-19-21-20-18(28-19)14-7-3-1-4-8-14/h9-10,13-14H,1-8,11-12H2. The van der Waals surface area contributed by atoms with Crippen LogP contribution in [0.4, 0.5) is 5.69 Å². The topological polar surface area (TPSA) is 119 Å². The summed E-state index contributed by atoms with van der Waals surface area (Å²) in [5, 5.41) is 20.0. The van der Waals surface area contributed by atoms with Gasteiger partial charge in [0.15, 0.2) is 0 Å². The van der Waals surface area contributed by atoms with Gasteiger partial charge in [-0.05, 0) is 49.6 Å². The van der Waals surface area contributed by atoms with Crippen LogP contribution in [0.2, 0.25) is 0 Å². The molecule has 162 valence electrons. The Kier molecular flexibility index (Phi) is 6.40. The number of piperidine rings is 1. The zero-order valence-electron chi connectivity index (χ0n) is 16.5. The molecule has 9 nitrogen and oxygen atoms in total. The summed E-state index contributed by atoms with van der Waals surface area (Å²) in [5.41, 5.74) is -0.282. The van der Waals surface area contributed by atoms with Crippen LogP contribution in [0.25, 0.3) is 0 Å². The van der Waals surface area contributed by atoms with Crippen LogP contribution in [0.5, 0.6) is 0 Å². The summed E-state index contributed by atoms with van der Waals surface area (Å²) in [4.78, 5) is 11.3. The number of nitro groups is 1. The van der Waals surface area contributed by atoms with E-state index in [-0.39, 0.29) is 26.6 Å². The molecule has 1 aliphatic heterocycles. The van der Waals surface area contributed by atoms with Crippen molar-refractivity contribution in [2.45, 2.75) is 72.3 Å². The number of sulfonamides is 1. The third-order valence-corrected chi connectivity index (χ3v) is 8.45. The zero-order valence-corrected chi connectivity index (χ0v) is 18.2. The summed E-state index contributed by atoms with van der Waals surface area (Å²) in [6, 6.07) is 3.99. The molecule has 2 fully saturated rings. The maximum atomic E-state index is 12.9. The van der Waals surface area contributed by atoms with Crippen molar-refractivity contribution in [3.05, 3.63) is 34.2 Å². The summed E-state index contributed by atoms with van der Waals surface area (Å²) in [6.45, 7) is 0.886. The predicted octanol–water partition coefficient (Wildman–Crippen LogP) is 4.35. The Morgan fingerprint density at radius 2 is 1.77 bits per heavy atom. The number of benzene rings is 1. The molecule has 2 heterocycles. The molecule has 0 bridgehead atoms. The highest BCUT2D eigenvalue weighted by atomic mass is 32.2. The van der Waals surface area contributed by atoms with E-state index >= 15 is 0 Å². The van der Waals surface area contributed by atoms with Gasteiger partial charge in [-0.25, -0.2) is 8.42 Å². The van der Waals surface area contributed by atoms with E-state index in [1.54, 1.807) is 0 Å². The van der Waals surface area contributed by atoms with E-state index in [1.165, 1.54) is 22.9 Å². The summed E-state index contributed by atoms with van der Waals surface area (Å²) in [5.74, 6) is 0.816. The highest BCUT2D eigenvalue weighted by molar-refractivity contribution is 7.99. The lowest BCUT2D eigenvalue weighted by molar-refractivity contribution is -0.388. The van der Waals surface area contributed by atoms with Gasteiger partial charge in [0.05, 0.1) is 14.7 Å². The number of hydrogen-bond acceptors (Lipinski definition) is 8. The van der Waals surface area contributed by atoms with E-state index in [9.17, 15) is 18.5 Å². The van der Waals surface area contributed by atoms with Crippen molar-refractivity contribution in [2.24, 2.45) is 0 Å². The number of aromatic nitrogens is 2. The molecule has 1 saturated heterocycles. The van der Waals surface area contributed by atoms with Gasteiger partial charge in [0.2, 0.25) is 15.9 Å². The first-order valence-electron chi connectivity index (χ1n) is 10.2. The minimum atomic E-state index is -3.75. The Morgan fingerprint density at radius 1 is 1.07 bits per heavy atom. The normalized spacial score (nSPS) is 19.1. The Bertz CT molecular complexity index is 1010. The summed E-state index contributed by atoms with van der Waals surface area (Å²) >= 11 is 0.992. The maximum Gasteiger partial charge on any atom is 0.284 e. The van der Waals surface area contributed by atoms with Crippen LogP contribution >= 0.6 is 11.8 Å². The minimum Gasteiger partial charge on any atom is -0.415 e. The van der Waals surface area contributed by atoms with Crippen molar-refractivity contribution < 1.29 is 17.8 Å². The van der Waals surface area contributed by atoms with E-state index in [1.807, 2.05) is 0 Å². The van der Waals surface area contributed by atoms with Gasteiger partial charge in [-0.2, -0.15) is 4.31 Å². The molecular formula is C19H24N4O5S2. The van der Waals surface area contributed by atoms with Gasteiger partial charge in [0.25, 0.3) is 10.9 Å². The van der Waals surface area contributed by atoms with E-state index < -0.39 is 14.9 Å². The van der Waals surface area contributed by atoms with Crippen LogP contribution in [-0.2, 0) is 10.0 Å². The van der Waals surface area contributed by atoms with Gasteiger partial charge in [0.1, 0.15) is 0 Å². The van der Waals surface area contributed by atoms with Crippen LogP contribution in [0.15, 0.2) is 37.6 Å². The van der Waals surface area contributed by atoms with Gasteiger partial charge in [-0.1, -0.05) is 25.7 Å². The van der Waals surface area contributed by atoms with Gasteiger partial charge in [-0.15, -0.1) is 10.2 Å². The lowest BCUT2D eigenvalue weighted by atomic mass is 9.89. The molecule has 4 rings (SSSR count). The molecule has 0 unspecified atom stereocenters. The molecule has 1 aromatic carbocycles. The molecule has 0 spiro atoms. The first-order valence-corrected chi connectivity index (χ1v) is 12.5. The lowest BCUT2D eigenvalue weighted by Crippen LogP contribution is -2.35. The van der Waals surface area contributed by atoms with Crippen LogP contribution in [-0.4, -0.2) is 40.9 Å². The third-order valence-electron chi connectivity index (χ3n) is 5.65. The Labute approximate surface area is 179 Å². The number of hydrogen-bond donors (Lipinski definition) is 0. The minimum absolute atomic E-state index is 0.0612. The average molecular weight is 453 g/mol. The second kappa shape index (κ2) is 9.03. The summed E-state index contributed by atoms with van der Waals surface area (Å²) in [6.07, 6.45) is 8.10. The molecule has 0 amide bonds. The van der Waals surface area contributed by atoms with Crippen molar-refractivity contribution >= 4 is 27.5 Å². The maximum absolute atomic E-state index is 12.9. The largest absolute Gasteiger partial charge is 0.415 e. The molecular weight excluding hydrogens is 428 g/mol. The van der Waals surface area contributed by atoms with Crippen molar-refractivity contribution in [3.8, 4) is 0 Å². The van der Waals surface area contributed by atoms with Crippen molar-refractivity contribution in [2.75, 3.05) is 13.1 Å². The third kappa shape index (κ3) is 4.52. The highest BCUT2D eigenvalue weighted by Gasteiger charge is 2.29. The average Bonchev–Trinajstić information content (AvgIpc) is 3.23. The second-order valence-electron chi connectivity index (χ2n) is 7.69. The molecule has 1 saturated carbocycles. The smallest absolute Gasteiger partial charge is 0.284 e. The number of rotatable bonds is 6. The fourth-order valence-corrected chi connectivity index (χ4v) is 6.32. The quantitative estimate of drug-likeness (QED) is 0.469. The first-order chi connectivity index (χ1) is 14.4. The monoisotopic (exact) mass is 452 g/mol. The molecule has 11 heteroatoms. The van der Waals surface area contributed by atoms with Crippen molar-refractivity contribution in [1.29, 1.82) is 0 Å². The molecule has 2 aromatic rings. The summed E-state index contributed by atoms with van der Waals surface area (Å²) < 4.78 is 32.9. The Balaban J connectivity index is 1.57. The predicted molar refractivity (Wildman–Crippen MR) is 110 cm³/mol. The van der Waals surface area contributed by atoms with E-state index in [0.29, 0.717) is 19.0 Å². The number of nitro benzene ring substituents is 1. The molecule has 2 aliphatic rings. The van der Waals surface area contributed by atoms with Gasteiger partial charge < -0.3 is 4.42 Å². The van der Waals surface area contributed by atoms with E-state index in [4.69, 9.17) is 4.42 Å². The molecule has 1 aliphatic carbocycles. The molecule has 30 heavy (non-hydrogen) atoms. The molecule has 0 atom stereocenters. The first kappa shape index (κ1) is 21.3. The van der Waals surface area contributed by atoms with Crippen LogP contribution in [0.3, 0.4) is 0 Å². The lowest BCUT2D eigenvalue weighted by Gasteiger charge is -2.25. The second-order valence-corrected chi connectivity index (χ2v) is 10.6. The highest BCUT2D eigenvalue weighted by Crippen LogP contribution is 2.38.